The highest BCUT2D eigenvalue weighted by atomic mass is 15.3. The average molecular weight is 567 g/mol. The minimum Gasteiger partial charge on any atom is -0.352 e. The molecule has 3 heterocycles. The third kappa shape index (κ3) is 3.82. The normalized spacial score (nSPS) is 16.9. The first-order valence-electron chi connectivity index (χ1n) is 15.2. The maximum Gasteiger partial charge on any atom is 0.160 e. The molecule has 0 bridgehead atoms. The van der Waals surface area contributed by atoms with Crippen LogP contribution in [0.2, 0.25) is 0 Å². The Hall–Kier alpha value is -5.58. The zero-order valence-corrected chi connectivity index (χ0v) is 24.1. The van der Waals surface area contributed by atoms with Gasteiger partial charge in [-0.05, 0) is 41.5 Å². The molecule has 8 aromatic rings. The van der Waals surface area contributed by atoms with Crippen LogP contribution in [0.15, 0.2) is 158 Å². The molecule has 0 saturated heterocycles. The Morgan fingerprint density at radius 1 is 0.477 bits per heavy atom. The number of fused-ring (bicyclic) bond motifs is 7. The molecule has 9 rings (SSSR count). The maximum absolute atomic E-state index is 3.98. The van der Waals surface area contributed by atoms with Crippen LogP contribution < -0.4 is 10.6 Å². The Bertz CT molecular complexity index is 2330. The lowest BCUT2D eigenvalue weighted by atomic mass is 10.0. The molecule has 2 unspecified atom stereocenters. The van der Waals surface area contributed by atoms with Gasteiger partial charge in [0.25, 0.3) is 0 Å². The Kier molecular flexibility index (Phi) is 5.68. The quantitative estimate of drug-likeness (QED) is 0.223. The standard InChI is InChI=1S/C40H30N4/c1-4-14-27(15-5-1)34-26-35(28-16-6-2-7-17-28)42-40(41-34)44-37-23-13-11-21-31(37)33-25-24-32-30-20-10-12-22-36(30)43(38(32)39(33)44)29-18-8-3-9-19-29/h1-26,34,40-42H. The van der Waals surface area contributed by atoms with Gasteiger partial charge in [-0.15, -0.1) is 0 Å². The summed E-state index contributed by atoms with van der Waals surface area (Å²) < 4.78 is 4.92. The molecule has 44 heavy (non-hydrogen) atoms. The molecule has 0 saturated carbocycles. The van der Waals surface area contributed by atoms with Crippen molar-refractivity contribution in [3.05, 3.63) is 169 Å². The van der Waals surface area contributed by atoms with Crippen LogP contribution in [0.1, 0.15) is 23.5 Å². The minimum absolute atomic E-state index is 0.0213. The van der Waals surface area contributed by atoms with Gasteiger partial charge in [-0.3, -0.25) is 5.32 Å². The first-order valence-corrected chi connectivity index (χ1v) is 15.2. The Morgan fingerprint density at radius 3 is 1.77 bits per heavy atom. The summed E-state index contributed by atoms with van der Waals surface area (Å²) in [7, 11) is 0. The topological polar surface area (TPSA) is 33.9 Å². The zero-order chi connectivity index (χ0) is 29.0. The molecule has 4 nitrogen and oxygen atoms in total. The van der Waals surface area contributed by atoms with Crippen molar-refractivity contribution in [1.29, 1.82) is 0 Å². The highest BCUT2D eigenvalue weighted by Crippen LogP contribution is 2.42. The number of hydrogen-bond acceptors (Lipinski definition) is 2. The summed E-state index contributed by atoms with van der Waals surface area (Å²) >= 11 is 0. The molecule has 4 heteroatoms. The maximum atomic E-state index is 3.98. The number of benzene rings is 6. The molecule has 0 spiro atoms. The first-order chi connectivity index (χ1) is 21.8. The van der Waals surface area contributed by atoms with Crippen molar-refractivity contribution < 1.29 is 0 Å². The second kappa shape index (κ2) is 10.0. The van der Waals surface area contributed by atoms with Gasteiger partial charge in [0.15, 0.2) is 6.29 Å². The summed E-state index contributed by atoms with van der Waals surface area (Å²) in [6, 6.07) is 54.3. The van der Waals surface area contributed by atoms with Crippen molar-refractivity contribution in [2.75, 3.05) is 0 Å². The molecule has 210 valence electrons. The van der Waals surface area contributed by atoms with E-state index < -0.39 is 0 Å². The van der Waals surface area contributed by atoms with Gasteiger partial charge in [0.1, 0.15) is 0 Å². The van der Waals surface area contributed by atoms with Gasteiger partial charge in [-0.1, -0.05) is 127 Å². The summed E-state index contributed by atoms with van der Waals surface area (Å²) in [5.74, 6) is 0. The van der Waals surface area contributed by atoms with Crippen LogP contribution in [-0.4, -0.2) is 9.13 Å². The van der Waals surface area contributed by atoms with E-state index in [-0.39, 0.29) is 12.3 Å². The van der Waals surface area contributed by atoms with Crippen LogP contribution in [0, 0.1) is 0 Å². The summed E-state index contributed by atoms with van der Waals surface area (Å²) in [6.07, 6.45) is 2.10. The Labute approximate surface area is 255 Å². The third-order valence-electron chi connectivity index (χ3n) is 8.98. The highest BCUT2D eigenvalue weighted by Gasteiger charge is 2.28. The fraction of sp³-hybridized carbons (Fsp3) is 0.0500. The molecular formula is C40H30N4. The van der Waals surface area contributed by atoms with E-state index in [0.29, 0.717) is 0 Å². The first kappa shape index (κ1) is 25.0. The second-order valence-corrected chi connectivity index (χ2v) is 11.5. The summed E-state index contributed by atoms with van der Waals surface area (Å²) in [5.41, 5.74) is 9.47. The molecule has 2 aromatic heterocycles. The smallest absolute Gasteiger partial charge is 0.160 e. The Morgan fingerprint density at radius 2 is 1.05 bits per heavy atom. The Balaban J connectivity index is 1.38. The fourth-order valence-electron chi connectivity index (χ4n) is 7.06. The van der Waals surface area contributed by atoms with E-state index in [0.717, 1.165) is 11.4 Å². The molecular weight excluding hydrogens is 536 g/mol. The summed E-state index contributed by atoms with van der Waals surface area (Å²) in [4.78, 5) is 0. The molecule has 2 atom stereocenters. The lowest BCUT2D eigenvalue weighted by Gasteiger charge is -2.34. The molecule has 0 radical (unpaired) electrons. The molecule has 0 amide bonds. The van der Waals surface area contributed by atoms with Gasteiger partial charge < -0.3 is 14.5 Å². The fourth-order valence-corrected chi connectivity index (χ4v) is 7.06. The van der Waals surface area contributed by atoms with Crippen molar-refractivity contribution >= 4 is 49.3 Å². The largest absolute Gasteiger partial charge is 0.352 e. The number of nitrogens with one attached hydrogen (secondary N) is 2. The van der Waals surface area contributed by atoms with Crippen molar-refractivity contribution in [1.82, 2.24) is 19.8 Å². The van der Waals surface area contributed by atoms with Gasteiger partial charge in [0, 0.05) is 32.9 Å². The predicted molar refractivity (Wildman–Crippen MR) is 183 cm³/mol. The molecule has 2 N–H and O–H groups in total. The molecule has 6 aromatic carbocycles. The number of nitrogens with zero attached hydrogens (tertiary/aromatic N) is 2. The van der Waals surface area contributed by atoms with E-state index in [1.54, 1.807) is 0 Å². The van der Waals surface area contributed by atoms with Crippen molar-refractivity contribution in [3.63, 3.8) is 0 Å². The van der Waals surface area contributed by atoms with Crippen molar-refractivity contribution in [3.8, 4) is 5.69 Å². The van der Waals surface area contributed by atoms with Crippen molar-refractivity contribution in [2.45, 2.75) is 12.3 Å². The third-order valence-corrected chi connectivity index (χ3v) is 8.98. The molecule has 0 aliphatic carbocycles. The van der Waals surface area contributed by atoms with Crippen LogP contribution in [0.25, 0.3) is 55.0 Å². The van der Waals surface area contributed by atoms with Crippen LogP contribution in [0.3, 0.4) is 0 Å². The van der Waals surface area contributed by atoms with E-state index in [9.17, 15) is 0 Å². The lowest BCUT2D eigenvalue weighted by molar-refractivity contribution is 0.351. The summed E-state index contributed by atoms with van der Waals surface area (Å²) in [5, 5.41) is 12.9. The predicted octanol–water partition coefficient (Wildman–Crippen LogP) is 9.32. The molecule has 1 aliphatic rings. The van der Waals surface area contributed by atoms with E-state index in [2.05, 4.69) is 178 Å². The SMILES string of the molecule is C1=C(c2ccccc2)NC(n2c3ccccc3c3ccc4c5ccccc5n(-c5ccccc5)c4c32)NC1c1ccccc1. The minimum atomic E-state index is -0.212. The lowest BCUT2D eigenvalue weighted by Crippen LogP contribution is -2.43. The number of hydrogen-bond donors (Lipinski definition) is 2. The van der Waals surface area contributed by atoms with E-state index in [1.807, 2.05) is 0 Å². The molecule has 0 fully saturated rings. The van der Waals surface area contributed by atoms with Crippen LogP contribution in [0.4, 0.5) is 0 Å². The van der Waals surface area contributed by atoms with E-state index >= 15 is 0 Å². The van der Waals surface area contributed by atoms with Gasteiger partial charge in [0.2, 0.25) is 0 Å². The van der Waals surface area contributed by atoms with Crippen LogP contribution in [-0.2, 0) is 0 Å². The van der Waals surface area contributed by atoms with Gasteiger partial charge in [-0.25, -0.2) is 0 Å². The van der Waals surface area contributed by atoms with E-state index in [4.69, 9.17) is 0 Å². The monoisotopic (exact) mass is 566 g/mol. The van der Waals surface area contributed by atoms with Gasteiger partial charge >= 0.3 is 0 Å². The van der Waals surface area contributed by atoms with Gasteiger partial charge in [-0.2, -0.15) is 0 Å². The van der Waals surface area contributed by atoms with Crippen LogP contribution >= 0.6 is 0 Å². The van der Waals surface area contributed by atoms with Crippen molar-refractivity contribution in [2.24, 2.45) is 0 Å². The van der Waals surface area contributed by atoms with E-state index in [1.165, 1.54) is 54.7 Å². The van der Waals surface area contributed by atoms with Crippen LogP contribution in [0.5, 0.6) is 0 Å². The molecule has 1 aliphatic heterocycles. The average Bonchev–Trinajstić information content (AvgIpc) is 3.62. The second-order valence-electron chi connectivity index (χ2n) is 11.5. The summed E-state index contributed by atoms with van der Waals surface area (Å²) in [6.45, 7) is 0. The van der Waals surface area contributed by atoms with Gasteiger partial charge in [0.05, 0.1) is 28.1 Å². The highest BCUT2D eigenvalue weighted by molar-refractivity contribution is 6.23. The zero-order valence-electron chi connectivity index (χ0n) is 24.1. The number of aromatic nitrogens is 2. The number of para-hydroxylation sites is 3. The number of rotatable bonds is 4.